The summed E-state index contributed by atoms with van der Waals surface area (Å²) in [4.78, 5) is 26.1. The molecule has 0 saturated heterocycles. The lowest BCUT2D eigenvalue weighted by atomic mass is 9.54. The van der Waals surface area contributed by atoms with Crippen LogP contribution in [0.25, 0.3) is 0 Å². The van der Waals surface area contributed by atoms with E-state index in [1.165, 1.54) is 95.5 Å². The van der Waals surface area contributed by atoms with Crippen LogP contribution in [0.1, 0.15) is 143 Å². The van der Waals surface area contributed by atoms with Gasteiger partial charge in [-0.25, -0.2) is 0 Å². The largest absolute Gasteiger partial charge is 0.343 e. The maximum atomic E-state index is 12.1. The van der Waals surface area contributed by atoms with Gasteiger partial charge in [0.25, 0.3) is 0 Å². The molecule has 1 amide bonds. The topological polar surface area (TPSA) is 37.4 Å². The summed E-state index contributed by atoms with van der Waals surface area (Å²) in [5, 5.41) is 0. The lowest BCUT2D eigenvalue weighted by molar-refractivity contribution is -0.131. The molecule has 0 aromatic heterocycles. The average Bonchev–Trinajstić information content (AvgIpc) is 3.27. The van der Waals surface area contributed by atoms with Crippen molar-refractivity contribution in [2.45, 2.75) is 149 Å². The van der Waals surface area contributed by atoms with Gasteiger partial charge in [-0.15, -0.1) is 0 Å². The number of nitrogens with zero attached hydrogens (tertiary/aromatic N) is 1. The number of hydrogen-bond donors (Lipinski definition) is 0. The Morgan fingerprint density at radius 3 is 2.35 bits per heavy atom. The van der Waals surface area contributed by atoms with Crippen LogP contribution in [0.3, 0.4) is 0 Å². The quantitative estimate of drug-likeness (QED) is 0.232. The SMILES string of the molecule is CC(C)N(C)C(=O)CCCCCCCCCCC[C@H]1C[C@]2(C)CCC[C@H]2[C@@H]2CCC3=CC(=O)CCC3=C12. The van der Waals surface area contributed by atoms with Crippen LogP contribution >= 0.6 is 0 Å². The molecule has 2 saturated carbocycles. The molecule has 4 rings (SSSR count). The first-order chi connectivity index (χ1) is 17.8. The Morgan fingerprint density at radius 1 is 0.973 bits per heavy atom. The minimum Gasteiger partial charge on any atom is -0.343 e. The maximum absolute atomic E-state index is 12.1. The molecule has 208 valence electrons. The first kappa shape index (κ1) is 28.6. The van der Waals surface area contributed by atoms with Crippen molar-refractivity contribution >= 4 is 11.7 Å². The predicted octanol–water partition coefficient (Wildman–Crippen LogP) is 8.97. The molecular formula is C34H55NO2. The molecule has 0 radical (unpaired) electrons. The van der Waals surface area contributed by atoms with Crippen molar-refractivity contribution in [3.8, 4) is 0 Å². The fourth-order valence-corrected chi connectivity index (χ4v) is 8.47. The number of allylic oxidation sites excluding steroid dienone is 4. The van der Waals surface area contributed by atoms with Crippen molar-refractivity contribution < 1.29 is 9.59 Å². The van der Waals surface area contributed by atoms with Crippen LogP contribution < -0.4 is 0 Å². The van der Waals surface area contributed by atoms with Gasteiger partial charge in [0, 0.05) is 25.9 Å². The predicted molar refractivity (Wildman–Crippen MR) is 154 cm³/mol. The number of rotatable bonds is 13. The van der Waals surface area contributed by atoms with E-state index >= 15 is 0 Å². The Labute approximate surface area is 227 Å². The van der Waals surface area contributed by atoms with Gasteiger partial charge in [-0.1, -0.05) is 70.3 Å². The van der Waals surface area contributed by atoms with Crippen LogP contribution in [0.5, 0.6) is 0 Å². The summed E-state index contributed by atoms with van der Waals surface area (Å²) in [6.07, 6.45) is 25.7. The molecule has 37 heavy (non-hydrogen) atoms. The fourth-order valence-electron chi connectivity index (χ4n) is 8.47. The van der Waals surface area contributed by atoms with Crippen LogP contribution in [0.15, 0.2) is 22.8 Å². The number of carbonyl (C=O) groups is 2. The molecule has 0 spiro atoms. The van der Waals surface area contributed by atoms with Gasteiger partial charge in [-0.3, -0.25) is 9.59 Å². The molecule has 0 bridgehead atoms. The highest BCUT2D eigenvalue weighted by Gasteiger charge is 2.51. The van der Waals surface area contributed by atoms with E-state index in [9.17, 15) is 9.59 Å². The molecule has 4 atom stereocenters. The van der Waals surface area contributed by atoms with Crippen molar-refractivity contribution in [3.05, 3.63) is 22.8 Å². The van der Waals surface area contributed by atoms with Gasteiger partial charge in [-0.2, -0.15) is 0 Å². The number of carbonyl (C=O) groups excluding carboxylic acids is 2. The van der Waals surface area contributed by atoms with Crippen LogP contribution in [0, 0.1) is 23.2 Å². The molecule has 0 aliphatic heterocycles. The molecule has 0 aromatic rings. The van der Waals surface area contributed by atoms with Gasteiger partial charge in [0.2, 0.25) is 5.91 Å². The Kier molecular flexibility index (Phi) is 10.1. The van der Waals surface area contributed by atoms with Crippen molar-refractivity contribution in [1.82, 2.24) is 4.90 Å². The van der Waals surface area contributed by atoms with Crippen molar-refractivity contribution in [2.24, 2.45) is 23.2 Å². The van der Waals surface area contributed by atoms with E-state index in [4.69, 9.17) is 0 Å². The Balaban J connectivity index is 1.17. The summed E-state index contributed by atoms with van der Waals surface area (Å²) in [6, 6.07) is 0.307. The number of amides is 1. The summed E-state index contributed by atoms with van der Waals surface area (Å²) in [5.41, 5.74) is 5.48. The molecule has 0 unspecified atom stereocenters. The van der Waals surface area contributed by atoms with Crippen molar-refractivity contribution in [1.29, 1.82) is 0 Å². The van der Waals surface area contributed by atoms with E-state index in [2.05, 4.69) is 20.8 Å². The smallest absolute Gasteiger partial charge is 0.222 e. The normalized spacial score (nSPS) is 29.2. The van der Waals surface area contributed by atoms with E-state index in [1.807, 2.05) is 23.6 Å². The summed E-state index contributed by atoms with van der Waals surface area (Å²) >= 11 is 0. The maximum Gasteiger partial charge on any atom is 0.222 e. The molecule has 0 aromatic carbocycles. The molecule has 4 aliphatic carbocycles. The van der Waals surface area contributed by atoms with E-state index in [-0.39, 0.29) is 0 Å². The van der Waals surface area contributed by atoms with Crippen LogP contribution in [0.4, 0.5) is 0 Å². The van der Waals surface area contributed by atoms with Gasteiger partial charge < -0.3 is 4.90 Å². The molecule has 0 N–H and O–H groups in total. The number of fused-ring (bicyclic) bond motifs is 4. The second kappa shape index (κ2) is 13.1. The van der Waals surface area contributed by atoms with E-state index in [1.54, 1.807) is 5.57 Å². The summed E-state index contributed by atoms with van der Waals surface area (Å²) < 4.78 is 0. The van der Waals surface area contributed by atoms with E-state index < -0.39 is 0 Å². The highest BCUT2D eigenvalue weighted by molar-refractivity contribution is 5.93. The molecular weight excluding hydrogens is 454 g/mol. The van der Waals surface area contributed by atoms with Crippen LogP contribution in [-0.2, 0) is 9.59 Å². The van der Waals surface area contributed by atoms with Gasteiger partial charge >= 0.3 is 0 Å². The number of unbranched alkanes of at least 4 members (excludes halogenated alkanes) is 8. The highest BCUT2D eigenvalue weighted by atomic mass is 16.2. The molecule has 0 heterocycles. The minimum atomic E-state index is 0.297. The van der Waals surface area contributed by atoms with Gasteiger partial charge in [0.15, 0.2) is 5.78 Å². The Hall–Kier alpha value is -1.38. The second-order valence-electron chi connectivity index (χ2n) is 13.6. The summed E-state index contributed by atoms with van der Waals surface area (Å²) in [5.74, 6) is 3.15. The van der Waals surface area contributed by atoms with Crippen molar-refractivity contribution in [3.63, 3.8) is 0 Å². The molecule has 3 heteroatoms. The Morgan fingerprint density at radius 2 is 1.65 bits per heavy atom. The third-order valence-electron chi connectivity index (χ3n) is 10.7. The summed E-state index contributed by atoms with van der Waals surface area (Å²) in [6.45, 7) is 6.78. The number of hydrogen-bond acceptors (Lipinski definition) is 2. The average molecular weight is 510 g/mol. The lowest BCUT2D eigenvalue weighted by Gasteiger charge is -2.51. The zero-order chi connectivity index (χ0) is 26.4. The number of ketones is 1. The minimum absolute atomic E-state index is 0.297. The van der Waals surface area contributed by atoms with E-state index in [0.29, 0.717) is 29.6 Å². The standard InChI is InChI=1S/C34H55NO2/c1-25(2)35(4)32(37)17-13-11-9-7-5-6-8-10-12-15-27-24-34(3)22-14-16-31(34)30-20-18-26-23-28(36)19-21-29(26)33(27)30/h23,25,27,30-31H,5-22,24H2,1-4H3/t27-,30-,31-,34-/m0/s1. The van der Waals surface area contributed by atoms with Crippen LogP contribution in [-0.4, -0.2) is 29.7 Å². The van der Waals surface area contributed by atoms with Gasteiger partial charge in [0.1, 0.15) is 0 Å². The third kappa shape index (κ3) is 6.99. The molecule has 4 aliphatic rings. The zero-order valence-electron chi connectivity index (χ0n) is 24.6. The van der Waals surface area contributed by atoms with Crippen LogP contribution in [0.2, 0.25) is 0 Å². The van der Waals surface area contributed by atoms with Gasteiger partial charge in [-0.05, 0) is 106 Å². The fraction of sp³-hybridized carbons (Fsp3) is 0.824. The molecule has 2 fully saturated rings. The first-order valence-electron chi connectivity index (χ1n) is 16.0. The third-order valence-corrected chi connectivity index (χ3v) is 10.7. The van der Waals surface area contributed by atoms with Gasteiger partial charge in [0.05, 0.1) is 0 Å². The lowest BCUT2D eigenvalue weighted by Crippen LogP contribution is -2.41. The monoisotopic (exact) mass is 509 g/mol. The highest BCUT2D eigenvalue weighted by Crippen LogP contribution is 2.62. The first-order valence-corrected chi connectivity index (χ1v) is 16.0. The molecule has 3 nitrogen and oxygen atoms in total. The summed E-state index contributed by atoms with van der Waals surface area (Å²) in [7, 11) is 1.92. The zero-order valence-corrected chi connectivity index (χ0v) is 24.6. The Bertz CT molecular complexity index is 867. The van der Waals surface area contributed by atoms with Crippen molar-refractivity contribution in [2.75, 3.05) is 7.05 Å². The van der Waals surface area contributed by atoms with E-state index in [0.717, 1.165) is 43.4 Å². The second-order valence-corrected chi connectivity index (χ2v) is 13.6.